The van der Waals surface area contributed by atoms with Crippen molar-refractivity contribution in [3.05, 3.63) is 35.4 Å². The smallest absolute Gasteiger partial charge is 0.220 e. The van der Waals surface area contributed by atoms with Crippen molar-refractivity contribution in [2.45, 2.75) is 52.5 Å². The molecule has 0 unspecified atom stereocenters. The minimum Gasteiger partial charge on any atom is -0.350 e. The van der Waals surface area contributed by atoms with Gasteiger partial charge in [0.15, 0.2) is 5.78 Å². The Balaban J connectivity index is 2.50. The predicted octanol–water partition coefficient (Wildman–Crippen LogP) is 2.70. The third-order valence-corrected chi connectivity index (χ3v) is 3.49. The molecule has 1 amide bonds. The first-order chi connectivity index (χ1) is 10.2. The number of nitrogens with two attached hydrogens (primary N) is 1. The Bertz CT molecular complexity index is 504. The maximum Gasteiger partial charge on any atom is 0.220 e. The van der Waals surface area contributed by atoms with Crippen LogP contribution in [0.25, 0.3) is 0 Å². The molecule has 0 radical (unpaired) electrons. The van der Waals surface area contributed by atoms with Gasteiger partial charge in [-0.15, -0.1) is 0 Å². The largest absolute Gasteiger partial charge is 0.350 e. The molecule has 0 bridgehead atoms. The zero-order chi connectivity index (χ0) is 16.8. The highest BCUT2D eigenvalue weighted by molar-refractivity contribution is 5.98. The van der Waals surface area contributed by atoms with Crippen molar-refractivity contribution in [1.82, 2.24) is 5.32 Å². The normalized spacial score (nSPS) is 11.5. The molecule has 1 rings (SSSR count). The highest BCUT2D eigenvalue weighted by Gasteiger charge is 2.18. The van der Waals surface area contributed by atoms with Gasteiger partial charge < -0.3 is 11.1 Å². The minimum atomic E-state index is -0.432. The summed E-state index contributed by atoms with van der Waals surface area (Å²) in [6.45, 7) is 8.42. The fraction of sp³-hybridized carbons (Fsp3) is 0.556. The molecule has 0 aliphatic rings. The monoisotopic (exact) mass is 304 g/mol. The van der Waals surface area contributed by atoms with Crippen molar-refractivity contribution in [3.8, 4) is 0 Å². The molecule has 1 aromatic rings. The third-order valence-electron chi connectivity index (χ3n) is 3.49. The quantitative estimate of drug-likeness (QED) is 0.725. The lowest BCUT2D eigenvalue weighted by molar-refractivity contribution is -0.122. The van der Waals surface area contributed by atoms with E-state index >= 15 is 0 Å². The minimum absolute atomic E-state index is 0.00296. The van der Waals surface area contributed by atoms with Gasteiger partial charge in [-0.05, 0) is 31.7 Å². The van der Waals surface area contributed by atoms with Crippen LogP contribution in [0.15, 0.2) is 24.3 Å². The lowest BCUT2D eigenvalue weighted by atomic mass is 9.99. The molecule has 4 nitrogen and oxygen atoms in total. The number of hydrogen-bond donors (Lipinski definition) is 2. The molecule has 0 spiro atoms. The van der Waals surface area contributed by atoms with Crippen LogP contribution in [0.4, 0.5) is 0 Å². The van der Waals surface area contributed by atoms with Crippen molar-refractivity contribution >= 4 is 11.7 Å². The molecule has 0 saturated heterocycles. The van der Waals surface area contributed by atoms with Crippen LogP contribution in [0.1, 0.15) is 56.5 Å². The molecule has 22 heavy (non-hydrogen) atoms. The molecule has 0 atom stereocenters. The number of hydrogen-bond acceptors (Lipinski definition) is 3. The van der Waals surface area contributed by atoms with E-state index in [2.05, 4.69) is 19.2 Å². The first-order valence-corrected chi connectivity index (χ1v) is 7.87. The number of carbonyl (C=O) groups excluding carboxylic acids is 2. The highest BCUT2D eigenvalue weighted by Crippen LogP contribution is 2.12. The maximum atomic E-state index is 12.1. The maximum absolute atomic E-state index is 12.1. The summed E-state index contributed by atoms with van der Waals surface area (Å²) in [5.74, 6) is 0.452. The summed E-state index contributed by atoms with van der Waals surface area (Å²) in [5, 5.41) is 2.83. The van der Waals surface area contributed by atoms with E-state index in [4.69, 9.17) is 5.73 Å². The summed E-state index contributed by atoms with van der Waals surface area (Å²) < 4.78 is 0. The van der Waals surface area contributed by atoms with Crippen LogP contribution in [-0.2, 0) is 11.2 Å². The fourth-order valence-electron chi connectivity index (χ4n) is 2.16. The van der Waals surface area contributed by atoms with Crippen molar-refractivity contribution in [3.63, 3.8) is 0 Å². The molecule has 1 aromatic carbocycles. The molecule has 0 fully saturated rings. The van der Waals surface area contributed by atoms with E-state index in [0.29, 0.717) is 18.0 Å². The van der Waals surface area contributed by atoms with Gasteiger partial charge in [0, 0.05) is 30.5 Å². The van der Waals surface area contributed by atoms with E-state index in [1.165, 1.54) is 5.56 Å². The van der Waals surface area contributed by atoms with Crippen molar-refractivity contribution < 1.29 is 9.59 Å². The first-order valence-electron chi connectivity index (χ1n) is 7.87. The lowest BCUT2D eigenvalue weighted by Gasteiger charge is -2.24. The second-order valence-corrected chi connectivity index (χ2v) is 6.85. The zero-order valence-electron chi connectivity index (χ0n) is 14.1. The van der Waals surface area contributed by atoms with Crippen LogP contribution in [0, 0.1) is 5.92 Å². The number of benzene rings is 1. The van der Waals surface area contributed by atoms with Gasteiger partial charge in [-0.2, -0.15) is 0 Å². The van der Waals surface area contributed by atoms with Crippen molar-refractivity contribution in [2.24, 2.45) is 11.7 Å². The summed E-state index contributed by atoms with van der Waals surface area (Å²) in [4.78, 5) is 23.9. The number of nitrogens with one attached hydrogen (secondary N) is 1. The van der Waals surface area contributed by atoms with Crippen molar-refractivity contribution in [2.75, 3.05) is 6.54 Å². The predicted molar refractivity (Wildman–Crippen MR) is 89.8 cm³/mol. The average Bonchev–Trinajstić information content (AvgIpc) is 2.44. The molecule has 0 aliphatic carbocycles. The summed E-state index contributed by atoms with van der Waals surface area (Å²) in [7, 11) is 0. The van der Waals surface area contributed by atoms with Gasteiger partial charge in [0.25, 0.3) is 0 Å². The summed E-state index contributed by atoms with van der Waals surface area (Å²) in [6, 6.07) is 7.68. The lowest BCUT2D eigenvalue weighted by Crippen LogP contribution is -2.48. The Kier molecular flexibility index (Phi) is 6.75. The second-order valence-electron chi connectivity index (χ2n) is 6.85. The third kappa shape index (κ3) is 6.39. The van der Waals surface area contributed by atoms with E-state index in [1.807, 2.05) is 38.1 Å². The van der Waals surface area contributed by atoms with Gasteiger partial charge in [0.2, 0.25) is 5.91 Å². The van der Waals surface area contributed by atoms with Crippen LogP contribution in [0.5, 0.6) is 0 Å². The Morgan fingerprint density at radius 1 is 1.14 bits per heavy atom. The van der Waals surface area contributed by atoms with Gasteiger partial charge in [0.05, 0.1) is 0 Å². The number of carbonyl (C=O) groups is 2. The van der Waals surface area contributed by atoms with Gasteiger partial charge in [-0.1, -0.05) is 38.1 Å². The standard InChI is InChI=1S/C18H28N2O2/c1-13(2)11-14-5-7-15(8-6-14)16(21)9-10-17(22)20-18(3,4)12-19/h5-8,13H,9-12,19H2,1-4H3,(H,20,22). The molecule has 0 aliphatic heterocycles. The molecule has 0 aromatic heterocycles. The Morgan fingerprint density at radius 2 is 1.73 bits per heavy atom. The van der Waals surface area contributed by atoms with E-state index in [9.17, 15) is 9.59 Å². The Labute approximate surface area is 133 Å². The van der Waals surface area contributed by atoms with E-state index in [-0.39, 0.29) is 24.5 Å². The van der Waals surface area contributed by atoms with Crippen LogP contribution in [0.2, 0.25) is 0 Å². The van der Waals surface area contributed by atoms with E-state index in [0.717, 1.165) is 6.42 Å². The summed E-state index contributed by atoms with van der Waals surface area (Å²) in [5.41, 5.74) is 7.03. The molecular weight excluding hydrogens is 276 g/mol. The van der Waals surface area contributed by atoms with Crippen LogP contribution in [-0.4, -0.2) is 23.8 Å². The van der Waals surface area contributed by atoms with Gasteiger partial charge in [0.1, 0.15) is 0 Å². The second kappa shape index (κ2) is 8.08. The van der Waals surface area contributed by atoms with E-state index < -0.39 is 5.54 Å². The number of rotatable bonds is 8. The fourth-order valence-corrected chi connectivity index (χ4v) is 2.16. The van der Waals surface area contributed by atoms with Crippen LogP contribution >= 0.6 is 0 Å². The molecular formula is C18H28N2O2. The van der Waals surface area contributed by atoms with Crippen LogP contribution in [0.3, 0.4) is 0 Å². The molecule has 4 heteroatoms. The highest BCUT2D eigenvalue weighted by atomic mass is 16.2. The average molecular weight is 304 g/mol. The molecule has 122 valence electrons. The SMILES string of the molecule is CC(C)Cc1ccc(C(=O)CCC(=O)NC(C)(C)CN)cc1. The summed E-state index contributed by atoms with van der Waals surface area (Å²) >= 11 is 0. The topological polar surface area (TPSA) is 72.2 Å². The van der Waals surface area contributed by atoms with Gasteiger partial charge in [-0.3, -0.25) is 9.59 Å². The number of Topliss-reactive ketones (excluding diaryl/α,β-unsaturated/α-hetero) is 1. The zero-order valence-corrected chi connectivity index (χ0v) is 14.1. The number of ketones is 1. The number of amides is 1. The van der Waals surface area contributed by atoms with E-state index in [1.54, 1.807) is 0 Å². The Morgan fingerprint density at radius 3 is 2.23 bits per heavy atom. The molecule has 0 saturated carbocycles. The Hall–Kier alpha value is -1.68. The van der Waals surface area contributed by atoms with Crippen molar-refractivity contribution in [1.29, 1.82) is 0 Å². The molecule has 0 heterocycles. The summed E-state index contributed by atoms with van der Waals surface area (Å²) in [6.07, 6.45) is 1.41. The molecule has 3 N–H and O–H groups in total. The van der Waals surface area contributed by atoms with Gasteiger partial charge >= 0.3 is 0 Å². The van der Waals surface area contributed by atoms with Gasteiger partial charge in [-0.25, -0.2) is 0 Å². The van der Waals surface area contributed by atoms with Crippen LogP contribution < -0.4 is 11.1 Å². The first kappa shape index (κ1) is 18.4.